The predicted octanol–water partition coefficient (Wildman–Crippen LogP) is 8.76. The van der Waals surface area contributed by atoms with E-state index < -0.39 is 12.0 Å². The largest absolute Gasteiger partial charge is 0.489 e. The number of hydrogen-bond donors (Lipinski definition) is 1. The Morgan fingerprint density at radius 2 is 1.71 bits per heavy atom. The van der Waals surface area contributed by atoms with Crippen molar-refractivity contribution in [3.8, 4) is 16.9 Å². The van der Waals surface area contributed by atoms with Crippen LogP contribution in [0.1, 0.15) is 52.6 Å². The summed E-state index contributed by atoms with van der Waals surface area (Å²) in [5.41, 5.74) is 9.21. The number of rotatable bonds is 9. The number of carbonyl (C=O) groups is 1. The van der Waals surface area contributed by atoms with E-state index in [0.29, 0.717) is 19.6 Å². The Hall–Kier alpha value is -3.42. The normalized spacial score (nSPS) is 15.7. The summed E-state index contributed by atoms with van der Waals surface area (Å²) in [6.45, 7) is 6.08. The maximum Gasteiger partial charge on any atom is 0.320 e. The third-order valence-electron chi connectivity index (χ3n) is 7.93. The number of ether oxygens (including phenoxy) is 1. The number of piperidine rings is 1. The van der Waals surface area contributed by atoms with Crippen LogP contribution in [0, 0.1) is 17.4 Å². The Balaban J connectivity index is 1.46. The fraction of sp³-hybridized carbons (Fsp3) is 0.250. The van der Waals surface area contributed by atoms with Crippen molar-refractivity contribution in [3.05, 3.63) is 122 Å². The molecule has 0 aliphatic carbocycles. The average molecular weight is 658 g/mol. The van der Waals surface area contributed by atoms with Crippen LogP contribution in [0.2, 0.25) is 0 Å². The maximum atomic E-state index is 12.0. The molecule has 1 N–H and O–H groups in total. The number of hydrogen-bond acceptors (Lipinski definition) is 3. The molecule has 0 radical (unpaired) electrons. The summed E-state index contributed by atoms with van der Waals surface area (Å²) in [5.74, 6) is 0.0636. The van der Waals surface area contributed by atoms with Crippen LogP contribution in [0.15, 0.2) is 84.9 Å². The number of aliphatic carboxylic acids is 1. The molecule has 210 valence electrons. The Bertz CT molecular complexity index is 1530. The molecule has 0 spiro atoms. The van der Waals surface area contributed by atoms with Crippen molar-refractivity contribution < 1.29 is 14.6 Å². The van der Waals surface area contributed by atoms with Gasteiger partial charge in [-0.2, -0.15) is 0 Å². The molecule has 0 unspecified atom stereocenters. The Morgan fingerprint density at radius 3 is 2.46 bits per heavy atom. The van der Waals surface area contributed by atoms with Gasteiger partial charge in [-0.1, -0.05) is 85.3 Å². The Morgan fingerprint density at radius 1 is 0.951 bits per heavy atom. The number of benzene rings is 4. The highest BCUT2D eigenvalue weighted by Gasteiger charge is 2.29. The van der Waals surface area contributed by atoms with Crippen LogP contribution in [-0.2, 0) is 17.9 Å². The minimum atomic E-state index is -0.740. The molecule has 1 heterocycles. The number of likely N-dealkylation sites (tertiary alicyclic amines) is 1. The molecule has 1 fully saturated rings. The predicted molar refractivity (Wildman–Crippen MR) is 176 cm³/mol. The van der Waals surface area contributed by atoms with Crippen molar-refractivity contribution >= 4 is 40.7 Å². The van der Waals surface area contributed by atoms with Crippen LogP contribution in [0.5, 0.6) is 5.75 Å². The van der Waals surface area contributed by atoms with Crippen LogP contribution >= 0.6 is 22.6 Å². The zero-order valence-electron chi connectivity index (χ0n) is 23.6. The van der Waals surface area contributed by atoms with Gasteiger partial charge in [0.25, 0.3) is 0 Å². The van der Waals surface area contributed by atoms with E-state index in [1.165, 1.54) is 25.8 Å². The molecule has 0 aromatic heterocycles. The van der Waals surface area contributed by atoms with E-state index in [9.17, 15) is 9.90 Å². The molecular weight excluding hydrogens is 621 g/mol. The van der Waals surface area contributed by atoms with Gasteiger partial charge < -0.3 is 9.84 Å². The number of halogens is 1. The van der Waals surface area contributed by atoms with E-state index in [2.05, 4.69) is 132 Å². The SMILES string of the molecule is Cc1cc(CN2CCCC[C@H]2C(=O)O)c(OCc2ccc(I)cc2)cc1/C=C/c1cccc(-c2ccccc2)c1C. The first-order valence-corrected chi connectivity index (χ1v) is 15.3. The summed E-state index contributed by atoms with van der Waals surface area (Å²) >= 11 is 2.31. The standard InChI is InChI=1S/C36H36INO3/c1-25-21-31(23-38-20-7-6-13-34(38)36(39)40)35(41-24-27-14-18-32(37)19-15-27)22-30(25)17-16-28-11-8-12-33(26(28)2)29-9-4-3-5-10-29/h3-5,8-12,14-19,21-22,34H,6-7,13,20,23-24H2,1-2H3,(H,39,40)/b17-16+/t34-/m0/s1. The molecule has 1 atom stereocenters. The van der Waals surface area contributed by atoms with Gasteiger partial charge in [0.2, 0.25) is 0 Å². The smallest absolute Gasteiger partial charge is 0.320 e. The zero-order chi connectivity index (χ0) is 28.8. The van der Waals surface area contributed by atoms with Gasteiger partial charge in [-0.25, -0.2) is 0 Å². The Kier molecular flexibility index (Phi) is 9.57. The van der Waals surface area contributed by atoms with Crippen molar-refractivity contribution in [2.24, 2.45) is 0 Å². The van der Waals surface area contributed by atoms with Gasteiger partial charge >= 0.3 is 5.97 Å². The van der Waals surface area contributed by atoms with Crippen molar-refractivity contribution in [2.45, 2.75) is 52.3 Å². The molecule has 1 aliphatic rings. The lowest BCUT2D eigenvalue weighted by Gasteiger charge is -2.33. The first-order valence-electron chi connectivity index (χ1n) is 14.2. The minimum Gasteiger partial charge on any atom is -0.489 e. The monoisotopic (exact) mass is 657 g/mol. The number of aryl methyl sites for hydroxylation is 1. The molecule has 1 saturated heterocycles. The minimum absolute atomic E-state index is 0.451. The van der Waals surface area contributed by atoms with Gasteiger partial charge in [-0.05, 0) is 113 Å². The summed E-state index contributed by atoms with van der Waals surface area (Å²) in [6.07, 6.45) is 7.00. The van der Waals surface area contributed by atoms with E-state index in [1.54, 1.807) is 0 Å². The molecule has 5 rings (SSSR count). The van der Waals surface area contributed by atoms with Crippen LogP contribution in [0.25, 0.3) is 23.3 Å². The highest BCUT2D eigenvalue weighted by molar-refractivity contribution is 14.1. The van der Waals surface area contributed by atoms with E-state index in [-0.39, 0.29) is 0 Å². The summed E-state index contributed by atoms with van der Waals surface area (Å²) in [6, 6.07) is 29.1. The van der Waals surface area contributed by atoms with Gasteiger partial charge in [0.05, 0.1) is 0 Å². The summed E-state index contributed by atoms with van der Waals surface area (Å²) < 4.78 is 7.62. The fourth-order valence-electron chi connectivity index (χ4n) is 5.57. The highest BCUT2D eigenvalue weighted by atomic mass is 127. The second kappa shape index (κ2) is 13.5. The summed E-state index contributed by atoms with van der Waals surface area (Å²) in [5, 5.41) is 9.84. The molecule has 4 aromatic carbocycles. The Labute approximate surface area is 256 Å². The second-order valence-electron chi connectivity index (χ2n) is 10.8. The van der Waals surface area contributed by atoms with Crippen molar-refractivity contribution in [1.82, 2.24) is 4.90 Å². The molecule has 0 saturated carbocycles. The van der Waals surface area contributed by atoms with Gasteiger partial charge in [0.15, 0.2) is 0 Å². The lowest BCUT2D eigenvalue weighted by atomic mass is 9.95. The van der Waals surface area contributed by atoms with E-state index in [4.69, 9.17) is 4.74 Å². The zero-order valence-corrected chi connectivity index (χ0v) is 25.8. The van der Waals surface area contributed by atoms with E-state index >= 15 is 0 Å². The molecule has 0 bridgehead atoms. The van der Waals surface area contributed by atoms with Gasteiger partial charge in [-0.3, -0.25) is 9.69 Å². The third kappa shape index (κ3) is 7.27. The summed E-state index contributed by atoms with van der Waals surface area (Å²) in [4.78, 5) is 14.1. The van der Waals surface area contributed by atoms with Crippen molar-refractivity contribution in [2.75, 3.05) is 6.54 Å². The molecule has 1 aliphatic heterocycles. The van der Waals surface area contributed by atoms with Gasteiger partial charge in [0, 0.05) is 15.7 Å². The van der Waals surface area contributed by atoms with E-state index in [0.717, 1.165) is 47.4 Å². The molecule has 4 nitrogen and oxygen atoms in total. The lowest BCUT2D eigenvalue weighted by Crippen LogP contribution is -2.44. The number of carboxylic acid groups (broad SMARTS) is 1. The molecule has 4 aromatic rings. The lowest BCUT2D eigenvalue weighted by molar-refractivity contribution is -0.144. The van der Waals surface area contributed by atoms with Crippen LogP contribution in [0.3, 0.4) is 0 Å². The first kappa shape index (κ1) is 29.1. The highest BCUT2D eigenvalue weighted by Crippen LogP contribution is 2.31. The second-order valence-corrected chi connectivity index (χ2v) is 12.0. The number of nitrogens with zero attached hydrogens (tertiary/aromatic N) is 1. The van der Waals surface area contributed by atoms with Crippen LogP contribution in [-0.4, -0.2) is 28.6 Å². The van der Waals surface area contributed by atoms with Crippen LogP contribution < -0.4 is 4.74 Å². The molecular formula is C36H36INO3. The van der Waals surface area contributed by atoms with Crippen molar-refractivity contribution in [3.63, 3.8) is 0 Å². The van der Waals surface area contributed by atoms with E-state index in [1.807, 2.05) is 6.07 Å². The first-order chi connectivity index (χ1) is 19.9. The number of carboxylic acids is 1. The van der Waals surface area contributed by atoms with Gasteiger partial charge in [-0.15, -0.1) is 0 Å². The topological polar surface area (TPSA) is 49.8 Å². The van der Waals surface area contributed by atoms with Gasteiger partial charge in [0.1, 0.15) is 18.4 Å². The molecule has 41 heavy (non-hydrogen) atoms. The maximum absolute atomic E-state index is 12.0. The average Bonchev–Trinajstić information content (AvgIpc) is 2.98. The summed E-state index contributed by atoms with van der Waals surface area (Å²) in [7, 11) is 0. The van der Waals surface area contributed by atoms with Crippen LogP contribution in [0.4, 0.5) is 0 Å². The molecule has 0 amide bonds. The third-order valence-corrected chi connectivity index (χ3v) is 8.65. The molecule has 5 heteroatoms. The fourth-order valence-corrected chi connectivity index (χ4v) is 5.93. The van der Waals surface area contributed by atoms with Crippen molar-refractivity contribution in [1.29, 1.82) is 0 Å². The quantitative estimate of drug-likeness (QED) is 0.145.